The fourth-order valence-electron chi connectivity index (χ4n) is 2.54. The molecule has 0 saturated carbocycles. The maximum Gasteiger partial charge on any atom is 0.412 e. The third-order valence-electron chi connectivity index (χ3n) is 3.91. The van der Waals surface area contributed by atoms with Gasteiger partial charge in [-0.3, -0.25) is 0 Å². The van der Waals surface area contributed by atoms with Gasteiger partial charge < -0.3 is 20.9 Å². The van der Waals surface area contributed by atoms with Crippen LogP contribution in [0.2, 0.25) is 0 Å². The number of hydrogen-bond donors (Lipinski definition) is 3. The first-order chi connectivity index (χ1) is 12.4. The molecule has 0 radical (unpaired) electrons. The zero-order chi connectivity index (χ0) is 19.1. The number of benzene rings is 2. The predicted molar refractivity (Wildman–Crippen MR) is 105 cm³/mol. The topological polar surface area (TPSA) is 84.6 Å². The molecule has 0 saturated heterocycles. The second-order valence-electron chi connectivity index (χ2n) is 6.52. The minimum Gasteiger partial charge on any atom is -0.507 e. The summed E-state index contributed by atoms with van der Waals surface area (Å²) < 4.78 is 5.45. The SMILES string of the molecule is CC(CN)NC(=O)Oc1cc(/C=C/c2ccccc2)cc(O)c1C(C)C. The Bertz CT molecular complexity index is 770. The minimum absolute atomic E-state index is 0.00288. The summed E-state index contributed by atoms with van der Waals surface area (Å²) in [5, 5.41) is 13.1. The minimum atomic E-state index is -0.589. The van der Waals surface area contributed by atoms with E-state index in [0.717, 1.165) is 11.1 Å². The first kappa shape index (κ1) is 19.5. The molecule has 5 heteroatoms. The quantitative estimate of drug-likeness (QED) is 0.681. The van der Waals surface area contributed by atoms with Gasteiger partial charge in [-0.05, 0) is 36.1 Å². The highest BCUT2D eigenvalue weighted by atomic mass is 16.6. The Morgan fingerprint density at radius 2 is 1.81 bits per heavy atom. The van der Waals surface area contributed by atoms with Crippen molar-refractivity contribution in [1.82, 2.24) is 5.32 Å². The summed E-state index contributed by atoms with van der Waals surface area (Å²) in [6, 6.07) is 13.1. The third-order valence-corrected chi connectivity index (χ3v) is 3.91. The zero-order valence-corrected chi connectivity index (χ0v) is 15.4. The van der Waals surface area contributed by atoms with E-state index < -0.39 is 6.09 Å². The monoisotopic (exact) mass is 354 g/mol. The van der Waals surface area contributed by atoms with E-state index in [2.05, 4.69) is 5.32 Å². The van der Waals surface area contributed by atoms with Crippen LogP contribution >= 0.6 is 0 Å². The molecule has 1 atom stereocenters. The summed E-state index contributed by atoms with van der Waals surface area (Å²) in [6.45, 7) is 5.97. The van der Waals surface area contributed by atoms with Gasteiger partial charge in [-0.15, -0.1) is 0 Å². The highest BCUT2D eigenvalue weighted by molar-refractivity contribution is 5.75. The van der Waals surface area contributed by atoms with Crippen molar-refractivity contribution in [3.05, 3.63) is 59.2 Å². The lowest BCUT2D eigenvalue weighted by Crippen LogP contribution is -2.39. The van der Waals surface area contributed by atoms with Crippen molar-refractivity contribution in [2.24, 2.45) is 5.73 Å². The standard InChI is InChI=1S/C21H26N2O3/c1-14(2)20-18(24)11-17(10-9-16-7-5-4-6-8-16)12-19(20)26-21(25)23-15(3)13-22/h4-12,14-15,24H,13,22H2,1-3H3,(H,23,25)/b10-9+. The van der Waals surface area contributed by atoms with Crippen molar-refractivity contribution in [1.29, 1.82) is 0 Å². The van der Waals surface area contributed by atoms with Gasteiger partial charge in [0.05, 0.1) is 0 Å². The molecule has 2 rings (SSSR count). The number of rotatable bonds is 6. The van der Waals surface area contributed by atoms with Crippen LogP contribution in [0.25, 0.3) is 12.2 Å². The molecule has 1 unspecified atom stereocenters. The fraction of sp³-hybridized carbons (Fsp3) is 0.286. The summed E-state index contributed by atoms with van der Waals surface area (Å²) in [5.41, 5.74) is 7.89. The molecule has 0 spiro atoms. The van der Waals surface area contributed by atoms with E-state index in [1.54, 1.807) is 19.1 Å². The Hall–Kier alpha value is -2.79. The van der Waals surface area contributed by atoms with Crippen LogP contribution in [-0.2, 0) is 0 Å². The molecule has 0 bridgehead atoms. The van der Waals surface area contributed by atoms with Crippen LogP contribution in [0.4, 0.5) is 4.79 Å². The van der Waals surface area contributed by atoms with Gasteiger partial charge >= 0.3 is 6.09 Å². The number of hydrogen-bond acceptors (Lipinski definition) is 4. The molecule has 0 aliphatic carbocycles. The summed E-state index contributed by atoms with van der Waals surface area (Å²) in [5.74, 6) is 0.441. The first-order valence-corrected chi connectivity index (χ1v) is 8.69. The van der Waals surface area contributed by atoms with Crippen LogP contribution in [0.1, 0.15) is 43.4 Å². The van der Waals surface area contributed by atoms with Crippen LogP contribution in [0, 0.1) is 0 Å². The summed E-state index contributed by atoms with van der Waals surface area (Å²) in [7, 11) is 0. The van der Waals surface area contributed by atoms with Gasteiger partial charge in [0.1, 0.15) is 11.5 Å². The van der Waals surface area contributed by atoms with Gasteiger partial charge in [0, 0.05) is 18.2 Å². The normalized spacial score (nSPS) is 12.3. The van der Waals surface area contributed by atoms with E-state index >= 15 is 0 Å². The Kier molecular flexibility index (Phi) is 6.81. The number of amides is 1. The van der Waals surface area contributed by atoms with Crippen LogP contribution < -0.4 is 15.8 Å². The van der Waals surface area contributed by atoms with Gasteiger partial charge in [-0.25, -0.2) is 4.79 Å². The fourth-order valence-corrected chi connectivity index (χ4v) is 2.54. The third kappa shape index (κ3) is 5.36. The molecule has 0 fully saturated rings. The lowest BCUT2D eigenvalue weighted by atomic mass is 9.98. The van der Waals surface area contributed by atoms with Crippen molar-refractivity contribution >= 4 is 18.2 Å². The van der Waals surface area contributed by atoms with E-state index in [1.165, 1.54) is 0 Å². The number of nitrogens with two attached hydrogens (primary N) is 1. The van der Waals surface area contributed by atoms with Gasteiger partial charge in [-0.2, -0.15) is 0 Å². The Morgan fingerprint density at radius 3 is 2.42 bits per heavy atom. The van der Waals surface area contributed by atoms with Gasteiger partial charge in [0.25, 0.3) is 0 Å². The Morgan fingerprint density at radius 1 is 1.15 bits per heavy atom. The largest absolute Gasteiger partial charge is 0.507 e. The van der Waals surface area contributed by atoms with Crippen molar-refractivity contribution < 1.29 is 14.6 Å². The summed E-state index contributed by atoms with van der Waals surface area (Å²) in [4.78, 5) is 12.1. The molecule has 2 aromatic carbocycles. The second-order valence-corrected chi connectivity index (χ2v) is 6.52. The van der Waals surface area contributed by atoms with E-state index in [4.69, 9.17) is 10.5 Å². The lowest BCUT2D eigenvalue weighted by molar-refractivity contribution is 0.196. The van der Waals surface area contributed by atoms with Gasteiger partial charge in [-0.1, -0.05) is 56.3 Å². The van der Waals surface area contributed by atoms with E-state index in [-0.39, 0.29) is 17.7 Å². The number of nitrogens with one attached hydrogen (secondary N) is 1. The molecular formula is C21H26N2O3. The zero-order valence-electron chi connectivity index (χ0n) is 15.4. The lowest BCUT2D eigenvalue weighted by Gasteiger charge is -2.17. The van der Waals surface area contributed by atoms with E-state index in [0.29, 0.717) is 17.9 Å². The number of ether oxygens (including phenoxy) is 1. The smallest absolute Gasteiger partial charge is 0.412 e. The maximum absolute atomic E-state index is 12.1. The molecule has 5 nitrogen and oxygen atoms in total. The highest BCUT2D eigenvalue weighted by Gasteiger charge is 2.18. The van der Waals surface area contributed by atoms with Crippen molar-refractivity contribution in [3.8, 4) is 11.5 Å². The number of phenols is 1. The maximum atomic E-state index is 12.1. The Labute approximate surface area is 154 Å². The van der Waals surface area contributed by atoms with Gasteiger partial charge in [0.15, 0.2) is 0 Å². The van der Waals surface area contributed by atoms with Crippen molar-refractivity contribution in [2.75, 3.05) is 6.54 Å². The van der Waals surface area contributed by atoms with Crippen LogP contribution in [0.3, 0.4) is 0 Å². The molecule has 26 heavy (non-hydrogen) atoms. The highest BCUT2D eigenvalue weighted by Crippen LogP contribution is 2.36. The van der Waals surface area contributed by atoms with Crippen LogP contribution in [0.15, 0.2) is 42.5 Å². The molecule has 0 aliphatic rings. The average molecular weight is 354 g/mol. The van der Waals surface area contributed by atoms with Crippen molar-refractivity contribution in [3.63, 3.8) is 0 Å². The molecule has 138 valence electrons. The van der Waals surface area contributed by atoms with Gasteiger partial charge in [0.2, 0.25) is 0 Å². The van der Waals surface area contributed by atoms with E-state index in [9.17, 15) is 9.90 Å². The van der Waals surface area contributed by atoms with E-state index in [1.807, 2.05) is 56.3 Å². The van der Waals surface area contributed by atoms with Crippen molar-refractivity contribution in [2.45, 2.75) is 32.7 Å². The molecule has 0 aliphatic heterocycles. The summed E-state index contributed by atoms with van der Waals surface area (Å²) in [6.07, 6.45) is 3.21. The number of phenolic OH excluding ortho intramolecular Hbond substituents is 1. The number of carbonyl (C=O) groups is 1. The molecule has 0 heterocycles. The predicted octanol–water partition coefficient (Wildman–Crippen LogP) is 4.12. The molecule has 2 aromatic rings. The Balaban J connectivity index is 2.30. The number of aromatic hydroxyl groups is 1. The molecular weight excluding hydrogens is 328 g/mol. The van der Waals surface area contributed by atoms with Crippen LogP contribution in [0.5, 0.6) is 11.5 Å². The van der Waals surface area contributed by atoms with Crippen LogP contribution in [-0.4, -0.2) is 23.8 Å². The summed E-state index contributed by atoms with van der Waals surface area (Å²) >= 11 is 0. The molecule has 1 amide bonds. The molecule has 0 aromatic heterocycles. The molecule has 4 N–H and O–H groups in total. The number of carbonyl (C=O) groups excluding carboxylic acids is 1. The average Bonchev–Trinajstić information content (AvgIpc) is 2.60. The first-order valence-electron chi connectivity index (χ1n) is 8.69. The second kappa shape index (κ2) is 9.06.